The fourth-order valence-electron chi connectivity index (χ4n) is 9.03. The zero-order valence-corrected chi connectivity index (χ0v) is 32.5. The Morgan fingerprint density at radius 2 is 0.929 bits per heavy atom. The maximum absolute atomic E-state index is 5.23. The van der Waals surface area contributed by atoms with Crippen molar-refractivity contribution in [1.29, 1.82) is 0 Å². The highest BCUT2D eigenvalue weighted by Gasteiger charge is 2.22. The zero-order valence-electron chi connectivity index (χ0n) is 32.5. The quantitative estimate of drug-likeness (QED) is 0.191. The third-order valence-corrected chi connectivity index (χ3v) is 12.4. The third kappa shape index (κ3) is 5.37. The molecule has 0 radical (unpaired) electrons. The van der Waals surface area contributed by atoms with Crippen molar-refractivity contribution in [3.05, 3.63) is 164 Å². The highest BCUT2D eigenvalue weighted by atomic mass is 15.1. The standard InChI is InChI=1S/C49H37B5N2/c50-44-43(45(51)47(53)48(54)46(44)52)42-36-15-7-6-14-35(36)41(37-25-23-33(27-38(37)42)28-10-2-1-3-11-28)30-18-20-31(21-19-30)49-55-39-16-8-9-17-40(39)56(49)34-24-22-29-12-4-5-13-32(29)26-34/h1-27H,50-54H2. The average Bonchev–Trinajstić information content (AvgIpc) is 3.64. The van der Waals surface area contributed by atoms with Crippen LogP contribution in [0.1, 0.15) is 0 Å². The van der Waals surface area contributed by atoms with Gasteiger partial charge in [-0.2, -0.15) is 0 Å². The zero-order chi connectivity index (χ0) is 38.1. The Hall–Kier alpha value is -6.45. The van der Waals surface area contributed by atoms with Gasteiger partial charge in [0.2, 0.25) is 0 Å². The van der Waals surface area contributed by atoms with Gasteiger partial charge >= 0.3 is 0 Å². The van der Waals surface area contributed by atoms with Crippen molar-refractivity contribution in [2.45, 2.75) is 0 Å². The number of imidazole rings is 1. The summed E-state index contributed by atoms with van der Waals surface area (Å²) in [4.78, 5) is 5.23. The minimum Gasteiger partial charge on any atom is -0.292 e. The first-order valence-electron chi connectivity index (χ1n) is 19.6. The second kappa shape index (κ2) is 13.4. The van der Waals surface area contributed by atoms with Crippen LogP contribution in [0.4, 0.5) is 0 Å². The lowest BCUT2D eigenvalue weighted by Gasteiger charge is -2.25. The second-order valence-electron chi connectivity index (χ2n) is 15.3. The Balaban J connectivity index is 1.21. The summed E-state index contributed by atoms with van der Waals surface area (Å²) in [5.41, 5.74) is 18.6. The van der Waals surface area contributed by atoms with Gasteiger partial charge < -0.3 is 0 Å². The Kier molecular flexibility index (Phi) is 8.15. The van der Waals surface area contributed by atoms with Gasteiger partial charge in [-0.15, -0.1) is 16.4 Å². The normalized spacial score (nSPS) is 11.6. The van der Waals surface area contributed by atoms with Gasteiger partial charge in [0.15, 0.2) is 0 Å². The second-order valence-corrected chi connectivity index (χ2v) is 15.3. The van der Waals surface area contributed by atoms with E-state index in [0.29, 0.717) is 0 Å². The van der Waals surface area contributed by atoms with Crippen LogP contribution in [0.5, 0.6) is 0 Å². The number of benzene rings is 9. The summed E-state index contributed by atoms with van der Waals surface area (Å²) in [6.45, 7) is 0. The van der Waals surface area contributed by atoms with E-state index in [1.807, 2.05) is 0 Å². The maximum Gasteiger partial charge on any atom is 0.145 e. The number of aromatic nitrogens is 2. The Bertz CT molecular complexity index is 3160. The first kappa shape index (κ1) is 34.1. The molecule has 0 fully saturated rings. The third-order valence-electron chi connectivity index (χ3n) is 12.4. The summed E-state index contributed by atoms with van der Waals surface area (Å²) in [5.74, 6) is 0.932. The minimum absolute atomic E-state index is 0.932. The van der Waals surface area contributed by atoms with Crippen LogP contribution in [0, 0.1) is 0 Å². The number of nitrogens with zero attached hydrogens (tertiary/aromatic N) is 2. The van der Waals surface area contributed by atoms with E-state index in [1.165, 1.54) is 93.0 Å². The first-order chi connectivity index (χ1) is 27.4. The summed E-state index contributed by atoms with van der Waals surface area (Å²) in [6.07, 6.45) is 0. The van der Waals surface area contributed by atoms with Crippen molar-refractivity contribution < 1.29 is 0 Å². The van der Waals surface area contributed by atoms with Gasteiger partial charge in [-0.05, 0) is 96.0 Å². The van der Waals surface area contributed by atoms with Crippen molar-refractivity contribution in [2.24, 2.45) is 0 Å². The molecule has 0 spiro atoms. The van der Waals surface area contributed by atoms with E-state index < -0.39 is 0 Å². The molecule has 258 valence electrons. The summed E-state index contributed by atoms with van der Waals surface area (Å²) in [7, 11) is 11.4. The van der Waals surface area contributed by atoms with E-state index >= 15 is 0 Å². The van der Waals surface area contributed by atoms with Crippen LogP contribution in [0.25, 0.3) is 93.8 Å². The SMILES string of the molecule is Bc1c(B)c(B)c(-c2c3ccccc3c(-c3ccc(-c4nc5ccccc5n4-c4ccc5ccccc5c4)cc3)c3ccc(-c4ccccc4)cc23)c(B)c1B. The summed E-state index contributed by atoms with van der Waals surface area (Å²) >= 11 is 0. The molecule has 56 heavy (non-hydrogen) atoms. The van der Waals surface area contributed by atoms with Gasteiger partial charge in [-0.3, -0.25) is 4.57 Å². The Morgan fingerprint density at radius 1 is 0.357 bits per heavy atom. The molecule has 7 heteroatoms. The van der Waals surface area contributed by atoms with Gasteiger partial charge in [0.05, 0.1) is 11.0 Å². The molecule has 1 aromatic heterocycles. The molecule has 0 aliphatic rings. The molecule has 10 rings (SSSR count). The minimum atomic E-state index is 0.932. The maximum atomic E-state index is 5.23. The van der Waals surface area contributed by atoms with Gasteiger partial charge in [-0.1, -0.05) is 144 Å². The van der Waals surface area contributed by atoms with E-state index in [0.717, 1.165) is 28.1 Å². The number of rotatable bonds is 5. The van der Waals surface area contributed by atoms with E-state index in [4.69, 9.17) is 4.98 Å². The Morgan fingerprint density at radius 3 is 1.68 bits per heavy atom. The topological polar surface area (TPSA) is 17.8 Å². The Labute approximate surface area is 332 Å². The van der Waals surface area contributed by atoms with Gasteiger partial charge in [0.25, 0.3) is 0 Å². The van der Waals surface area contributed by atoms with Crippen LogP contribution < -0.4 is 27.3 Å². The van der Waals surface area contributed by atoms with Crippen LogP contribution in [-0.2, 0) is 0 Å². The molecule has 0 amide bonds. The van der Waals surface area contributed by atoms with Crippen molar-refractivity contribution in [2.75, 3.05) is 0 Å². The van der Waals surface area contributed by atoms with Crippen molar-refractivity contribution >= 4 is 110 Å². The molecular weight excluding hydrogens is 671 g/mol. The molecule has 0 unspecified atom stereocenters. The number of hydrogen-bond acceptors (Lipinski definition) is 1. The number of hydrogen-bond donors (Lipinski definition) is 0. The highest BCUT2D eigenvalue weighted by Crippen LogP contribution is 2.44. The van der Waals surface area contributed by atoms with Crippen LogP contribution in [0.2, 0.25) is 0 Å². The molecule has 0 N–H and O–H groups in total. The molecule has 10 aromatic rings. The largest absolute Gasteiger partial charge is 0.292 e. The monoisotopic (exact) mass is 708 g/mol. The number of fused-ring (bicyclic) bond motifs is 4. The predicted molar refractivity (Wildman–Crippen MR) is 256 cm³/mol. The molecule has 0 saturated heterocycles. The van der Waals surface area contributed by atoms with E-state index in [2.05, 4.69) is 208 Å². The summed E-state index contributed by atoms with van der Waals surface area (Å²) in [6, 6.07) is 59.6. The molecular formula is C49H37B5N2. The highest BCUT2D eigenvalue weighted by molar-refractivity contribution is 6.69. The van der Waals surface area contributed by atoms with Crippen LogP contribution >= 0.6 is 0 Å². The van der Waals surface area contributed by atoms with Gasteiger partial charge in [0.1, 0.15) is 45.1 Å². The molecule has 0 bridgehead atoms. The van der Waals surface area contributed by atoms with Crippen molar-refractivity contribution in [3.8, 4) is 50.5 Å². The summed E-state index contributed by atoms with van der Waals surface area (Å²) in [5, 5.41) is 7.50. The first-order valence-corrected chi connectivity index (χ1v) is 19.6. The predicted octanol–water partition coefficient (Wildman–Crippen LogP) is 4.45. The van der Waals surface area contributed by atoms with E-state index in [-0.39, 0.29) is 0 Å². The van der Waals surface area contributed by atoms with Crippen molar-refractivity contribution in [1.82, 2.24) is 9.55 Å². The van der Waals surface area contributed by atoms with Crippen LogP contribution in [0.15, 0.2) is 164 Å². The molecule has 2 nitrogen and oxygen atoms in total. The lowest BCUT2D eigenvalue weighted by molar-refractivity contribution is 1.11. The number of para-hydroxylation sites is 2. The molecule has 0 atom stereocenters. The average molecular weight is 708 g/mol. The van der Waals surface area contributed by atoms with Gasteiger partial charge in [-0.25, -0.2) is 4.98 Å². The van der Waals surface area contributed by atoms with Crippen molar-refractivity contribution in [3.63, 3.8) is 0 Å². The van der Waals surface area contributed by atoms with E-state index in [9.17, 15) is 0 Å². The molecule has 9 aromatic carbocycles. The van der Waals surface area contributed by atoms with Crippen LogP contribution in [-0.4, -0.2) is 48.8 Å². The molecule has 0 aliphatic carbocycles. The smallest absolute Gasteiger partial charge is 0.145 e. The molecule has 0 aliphatic heterocycles. The van der Waals surface area contributed by atoms with Crippen LogP contribution in [0.3, 0.4) is 0 Å². The lowest BCUT2D eigenvalue weighted by atomic mass is 9.59. The fourth-order valence-corrected chi connectivity index (χ4v) is 9.03. The molecule has 0 saturated carbocycles. The van der Waals surface area contributed by atoms with Gasteiger partial charge in [0, 0.05) is 11.3 Å². The molecule has 1 heterocycles. The van der Waals surface area contributed by atoms with E-state index in [1.54, 1.807) is 0 Å². The summed E-state index contributed by atoms with van der Waals surface area (Å²) < 4.78 is 2.30. The lowest BCUT2D eigenvalue weighted by Crippen LogP contribution is -2.55. The fraction of sp³-hybridized carbons (Fsp3) is 0.